The number of pyridine rings is 1. The van der Waals surface area contributed by atoms with E-state index in [1.807, 2.05) is 37.3 Å². The highest BCUT2D eigenvalue weighted by molar-refractivity contribution is 6.32. The van der Waals surface area contributed by atoms with Gasteiger partial charge < -0.3 is 14.0 Å². The first-order chi connectivity index (χ1) is 16.0. The van der Waals surface area contributed by atoms with Crippen molar-refractivity contribution in [1.29, 1.82) is 0 Å². The van der Waals surface area contributed by atoms with Crippen molar-refractivity contribution in [1.82, 2.24) is 20.6 Å². The first-order valence-corrected chi connectivity index (χ1v) is 11.4. The Kier molecular flexibility index (Phi) is 6.25. The summed E-state index contributed by atoms with van der Waals surface area (Å²) < 4.78 is 17.0. The van der Waals surface area contributed by atoms with Crippen LogP contribution in [0.4, 0.5) is 0 Å². The van der Waals surface area contributed by atoms with Crippen LogP contribution < -0.4 is 10.2 Å². The van der Waals surface area contributed by atoms with Gasteiger partial charge in [-0.05, 0) is 50.1 Å². The van der Waals surface area contributed by atoms with Gasteiger partial charge in [0.15, 0.2) is 12.4 Å². The molecule has 0 amide bonds. The van der Waals surface area contributed by atoms with Crippen LogP contribution in [-0.2, 0) is 15.2 Å². The third-order valence-electron chi connectivity index (χ3n) is 5.65. The molecule has 0 saturated heterocycles. The quantitative estimate of drug-likeness (QED) is 0.343. The molecule has 1 aliphatic carbocycles. The van der Waals surface area contributed by atoms with Crippen LogP contribution in [0.1, 0.15) is 44.0 Å². The Bertz CT molecular complexity index is 1160. The number of halogens is 2. The normalized spacial score (nSPS) is 20.6. The van der Waals surface area contributed by atoms with Crippen molar-refractivity contribution < 1.29 is 18.8 Å². The van der Waals surface area contributed by atoms with Gasteiger partial charge in [-0.3, -0.25) is 10.3 Å². The van der Waals surface area contributed by atoms with E-state index >= 15 is 0 Å². The Hall–Kier alpha value is -2.65. The fourth-order valence-electron chi connectivity index (χ4n) is 3.89. The van der Waals surface area contributed by atoms with Gasteiger partial charge in [0.05, 0.1) is 11.8 Å². The standard InChI is InChI=1S/C23H22Cl2N4O4/c1-23(22-27-21(32-29-22)15-10-19(24)26-20(25)11-15)12-18(28-33-23)14-5-4-8-17(9-14)31-13-30-16-6-2-3-7-16/h4-5,8-12,16,28H,2-3,6-7,13H2,1H3. The van der Waals surface area contributed by atoms with Crippen molar-refractivity contribution in [3.8, 4) is 17.2 Å². The highest BCUT2D eigenvalue weighted by atomic mass is 35.5. The lowest BCUT2D eigenvalue weighted by molar-refractivity contribution is -0.0327. The first kappa shape index (κ1) is 22.2. The van der Waals surface area contributed by atoms with Gasteiger partial charge in [0.25, 0.3) is 5.89 Å². The third kappa shape index (κ3) is 4.99. The molecule has 8 nitrogen and oxygen atoms in total. The predicted octanol–water partition coefficient (Wildman–Crippen LogP) is 5.53. The molecule has 1 N–H and O–H groups in total. The van der Waals surface area contributed by atoms with Crippen LogP contribution in [0.15, 0.2) is 47.0 Å². The summed E-state index contributed by atoms with van der Waals surface area (Å²) in [7, 11) is 0. The molecule has 172 valence electrons. The van der Waals surface area contributed by atoms with E-state index in [4.69, 9.17) is 42.0 Å². The van der Waals surface area contributed by atoms with Crippen LogP contribution in [0.2, 0.25) is 10.3 Å². The number of hydrogen-bond donors (Lipinski definition) is 1. The summed E-state index contributed by atoms with van der Waals surface area (Å²) in [5.41, 5.74) is 4.25. The van der Waals surface area contributed by atoms with Crippen LogP contribution in [0.3, 0.4) is 0 Å². The molecule has 0 radical (unpaired) electrons. The summed E-state index contributed by atoms with van der Waals surface area (Å²) in [6, 6.07) is 10.9. The van der Waals surface area contributed by atoms with E-state index in [1.54, 1.807) is 12.1 Å². The van der Waals surface area contributed by atoms with E-state index < -0.39 is 5.60 Å². The number of benzene rings is 1. The minimum Gasteiger partial charge on any atom is -0.468 e. The molecular weight excluding hydrogens is 467 g/mol. The van der Waals surface area contributed by atoms with Crippen molar-refractivity contribution >= 4 is 28.9 Å². The van der Waals surface area contributed by atoms with Crippen molar-refractivity contribution in [2.24, 2.45) is 0 Å². The van der Waals surface area contributed by atoms with Gasteiger partial charge in [-0.25, -0.2) is 4.98 Å². The molecule has 0 spiro atoms. The van der Waals surface area contributed by atoms with Crippen molar-refractivity contribution in [2.45, 2.75) is 44.3 Å². The SMILES string of the molecule is CC1(c2noc(-c3cc(Cl)nc(Cl)c3)n2)C=C(c2cccc(OCOC3CCCC3)c2)NO1. The van der Waals surface area contributed by atoms with Crippen LogP contribution in [0.5, 0.6) is 5.75 Å². The highest BCUT2D eigenvalue weighted by Gasteiger charge is 2.37. The van der Waals surface area contributed by atoms with Gasteiger partial charge in [-0.1, -0.05) is 53.3 Å². The van der Waals surface area contributed by atoms with Crippen LogP contribution >= 0.6 is 23.2 Å². The molecule has 1 atom stereocenters. The maximum Gasteiger partial charge on any atom is 0.258 e. The van der Waals surface area contributed by atoms with E-state index in [9.17, 15) is 0 Å². The molecule has 10 heteroatoms. The zero-order valence-corrected chi connectivity index (χ0v) is 19.4. The van der Waals surface area contributed by atoms with Gasteiger partial charge in [0.1, 0.15) is 16.1 Å². The Morgan fingerprint density at radius 1 is 1.09 bits per heavy atom. The summed E-state index contributed by atoms with van der Waals surface area (Å²) in [5.74, 6) is 1.33. The average Bonchev–Trinajstić information content (AvgIpc) is 3.55. The Labute approximate surface area is 200 Å². The molecule has 2 aromatic heterocycles. The zero-order chi connectivity index (χ0) is 22.8. The van der Waals surface area contributed by atoms with Gasteiger partial charge in [-0.15, -0.1) is 0 Å². The molecule has 0 bridgehead atoms. The lowest BCUT2D eigenvalue weighted by atomic mass is 10.0. The monoisotopic (exact) mass is 488 g/mol. The fraction of sp³-hybridized carbons (Fsp3) is 0.348. The second-order valence-electron chi connectivity index (χ2n) is 8.16. The summed E-state index contributed by atoms with van der Waals surface area (Å²) in [6.07, 6.45) is 6.86. The first-order valence-electron chi connectivity index (χ1n) is 10.7. The summed E-state index contributed by atoms with van der Waals surface area (Å²) in [4.78, 5) is 14.2. The van der Waals surface area contributed by atoms with E-state index in [0.29, 0.717) is 17.5 Å². The summed E-state index contributed by atoms with van der Waals surface area (Å²) >= 11 is 12.0. The lowest BCUT2D eigenvalue weighted by Gasteiger charge is -2.14. The lowest BCUT2D eigenvalue weighted by Crippen LogP contribution is -2.24. The van der Waals surface area contributed by atoms with Crippen LogP contribution in [0, 0.1) is 0 Å². The largest absolute Gasteiger partial charge is 0.468 e. The zero-order valence-electron chi connectivity index (χ0n) is 17.9. The molecule has 1 unspecified atom stereocenters. The number of nitrogens with one attached hydrogen (secondary N) is 1. The maximum atomic E-state index is 5.98. The molecule has 33 heavy (non-hydrogen) atoms. The van der Waals surface area contributed by atoms with Gasteiger partial charge >= 0.3 is 0 Å². The number of ether oxygens (including phenoxy) is 2. The van der Waals surface area contributed by atoms with Gasteiger partial charge in [0, 0.05) is 11.1 Å². The number of rotatable bonds is 7. The number of hydroxylamine groups is 1. The second kappa shape index (κ2) is 9.30. The highest BCUT2D eigenvalue weighted by Crippen LogP contribution is 2.35. The molecular formula is C23H22Cl2N4O4. The minimum atomic E-state index is -0.944. The van der Waals surface area contributed by atoms with Crippen molar-refractivity contribution in [3.63, 3.8) is 0 Å². The van der Waals surface area contributed by atoms with Crippen molar-refractivity contribution in [2.75, 3.05) is 6.79 Å². The van der Waals surface area contributed by atoms with Crippen molar-refractivity contribution in [3.05, 3.63) is 64.2 Å². The molecule has 1 saturated carbocycles. The predicted molar refractivity (Wildman–Crippen MR) is 122 cm³/mol. The van der Waals surface area contributed by atoms with E-state index in [1.165, 1.54) is 12.8 Å². The van der Waals surface area contributed by atoms with Gasteiger partial charge in [0.2, 0.25) is 5.82 Å². The summed E-state index contributed by atoms with van der Waals surface area (Å²) in [6.45, 7) is 2.08. The van der Waals surface area contributed by atoms with E-state index in [0.717, 1.165) is 29.9 Å². The smallest absolute Gasteiger partial charge is 0.258 e. The Balaban J connectivity index is 1.30. The molecule has 1 aliphatic heterocycles. The van der Waals surface area contributed by atoms with Crippen LogP contribution in [0.25, 0.3) is 17.2 Å². The number of hydrogen-bond acceptors (Lipinski definition) is 8. The van der Waals surface area contributed by atoms with Gasteiger partial charge in [-0.2, -0.15) is 4.98 Å². The van der Waals surface area contributed by atoms with E-state index in [-0.39, 0.29) is 23.0 Å². The Morgan fingerprint density at radius 3 is 2.67 bits per heavy atom. The van der Waals surface area contributed by atoms with Crippen LogP contribution in [-0.4, -0.2) is 28.0 Å². The number of nitrogens with zero attached hydrogens (tertiary/aromatic N) is 3. The maximum absolute atomic E-state index is 5.98. The fourth-order valence-corrected chi connectivity index (χ4v) is 4.35. The molecule has 5 rings (SSSR count). The molecule has 1 fully saturated rings. The molecule has 1 aromatic carbocycles. The third-order valence-corrected chi connectivity index (χ3v) is 6.04. The molecule has 3 aromatic rings. The second-order valence-corrected chi connectivity index (χ2v) is 8.93. The average molecular weight is 489 g/mol. The minimum absolute atomic E-state index is 0.236. The number of aromatic nitrogens is 3. The van der Waals surface area contributed by atoms with E-state index in [2.05, 4.69) is 20.6 Å². The molecule has 3 heterocycles. The summed E-state index contributed by atoms with van der Waals surface area (Å²) in [5, 5.41) is 4.56. The molecule has 2 aliphatic rings. The topological polar surface area (TPSA) is 91.5 Å². The Morgan fingerprint density at radius 2 is 1.88 bits per heavy atom.